The highest BCUT2D eigenvalue weighted by Gasteiger charge is 2.27. The number of nitrogens with zero attached hydrogens (tertiary/aromatic N) is 4. The summed E-state index contributed by atoms with van der Waals surface area (Å²) in [6.07, 6.45) is 7.04. The molecule has 5 rings (SSSR count). The van der Waals surface area contributed by atoms with Crippen LogP contribution < -0.4 is 15.0 Å². The zero-order valence-electron chi connectivity index (χ0n) is 20.6. The second-order valence-electron chi connectivity index (χ2n) is 9.73. The highest BCUT2D eigenvalue weighted by atomic mass is 16.5. The second kappa shape index (κ2) is 10.3. The van der Waals surface area contributed by atoms with Crippen molar-refractivity contribution in [3.8, 4) is 5.75 Å². The summed E-state index contributed by atoms with van der Waals surface area (Å²) in [5.74, 6) is 0.412. The van der Waals surface area contributed by atoms with E-state index in [0.717, 1.165) is 80.4 Å². The van der Waals surface area contributed by atoms with E-state index in [1.54, 1.807) is 7.11 Å². The quantitative estimate of drug-likeness (QED) is 0.568. The van der Waals surface area contributed by atoms with Crippen LogP contribution in [-0.2, 0) is 13.6 Å². The van der Waals surface area contributed by atoms with E-state index in [4.69, 9.17) is 4.74 Å². The molecular weight excluding hydrogens is 442 g/mol. The summed E-state index contributed by atoms with van der Waals surface area (Å²) in [6.45, 7) is 4.51. The van der Waals surface area contributed by atoms with Gasteiger partial charge in [-0.25, -0.2) is 0 Å². The number of rotatable bonds is 6. The molecule has 2 atom stereocenters. The van der Waals surface area contributed by atoms with Crippen molar-refractivity contribution in [1.82, 2.24) is 20.0 Å². The van der Waals surface area contributed by atoms with E-state index in [-0.39, 0.29) is 11.9 Å². The highest BCUT2D eigenvalue weighted by Crippen LogP contribution is 2.34. The maximum absolute atomic E-state index is 13.4. The molecule has 1 saturated heterocycles. The van der Waals surface area contributed by atoms with Crippen LogP contribution in [0, 0.1) is 0 Å². The van der Waals surface area contributed by atoms with Gasteiger partial charge < -0.3 is 20.1 Å². The molecule has 2 aliphatic rings. The third-order valence-electron chi connectivity index (χ3n) is 7.40. The van der Waals surface area contributed by atoms with Gasteiger partial charge in [0, 0.05) is 51.4 Å². The predicted octanol–water partition coefficient (Wildman–Crippen LogP) is 2.94. The SMILES string of the molecule is COc1c(C(=O)N[C@H]2CCCC[C@@H]2O)cc(CN2CCN(c3cnn(C)c3)CC2)c2ccccc12. The number of aryl methyl sites for hydroxylation is 1. The van der Waals surface area contributed by atoms with Crippen LogP contribution in [0.5, 0.6) is 5.75 Å². The Hall–Kier alpha value is -3.10. The van der Waals surface area contributed by atoms with Gasteiger partial charge in [-0.15, -0.1) is 0 Å². The summed E-state index contributed by atoms with van der Waals surface area (Å²) in [4.78, 5) is 18.2. The Morgan fingerprint density at radius 1 is 1.14 bits per heavy atom. The number of methoxy groups -OCH3 is 1. The Bertz CT molecular complexity index is 1180. The molecule has 0 unspecified atom stereocenters. The van der Waals surface area contributed by atoms with E-state index in [1.165, 1.54) is 0 Å². The lowest BCUT2D eigenvalue weighted by atomic mass is 9.92. The standard InChI is InChI=1S/C27H35N5O3/c1-30-18-20(16-28-30)32-13-11-31(12-14-32)17-19-15-23(26(35-2)22-8-4-3-7-21(19)22)27(34)29-24-9-5-6-10-25(24)33/h3-4,7-8,15-16,18,24-25,33H,5-6,9-14,17H2,1-2H3,(H,29,34)/t24-,25-/m0/s1. The normalized spacial score (nSPS) is 21.3. The number of aliphatic hydroxyl groups is 1. The smallest absolute Gasteiger partial charge is 0.255 e. The molecule has 35 heavy (non-hydrogen) atoms. The van der Waals surface area contributed by atoms with Gasteiger partial charge in [0.1, 0.15) is 5.75 Å². The minimum atomic E-state index is -0.491. The van der Waals surface area contributed by atoms with E-state index in [0.29, 0.717) is 11.3 Å². The van der Waals surface area contributed by atoms with E-state index < -0.39 is 6.10 Å². The van der Waals surface area contributed by atoms with Crippen LogP contribution in [0.3, 0.4) is 0 Å². The van der Waals surface area contributed by atoms with Crippen LogP contribution in [0.1, 0.15) is 41.6 Å². The number of piperazine rings is 1. The van der Waals surface area contributed by atoms with Crippen LogP contribution in [0.25, 0.3) is 10.8 Å². The van der Waals surface area contributed by atoms with Crippen molar-refractivity contribution in [3.05, 3.63) is 53.9 Å². The molecule has 1 aliphatic carbocycles. The van der Waals surface area contributed by atoms with Crippen molar-refractivity contribution >= 4 is 22.4 Å². The summed E-state index contributed by atoms with van der Waals surface area (Å²) >= 11 is 0. The average molecular weight is 478 g/mol. The van der Waals surface area contributed by atoms with E-state index in [1.807, 2.05) is 42.2 Å². The van der Waals surface area contributed by atoms with Gasteiger partial charge in [-0.1, -0.05) is 37.1 Å². The number of nitrogens with one attached hydrogen (secondary N) is 1. The van der Waals surface area contributed by atoms with Gasteiger partial charge in [0.25, 0.3) is 5.91 Å². The van der Waals surface area contributed by atoms with Crippen molar-refractivity contribution in [2.24, 2.45) is 7.05 Å². The van der Waals surface area contributed by atoms with E-state index in [9.17, 15) is 9.90 Å². The van der Waals surface area contributed by atoms with Gasteiger partial charge >= 0.3 is 0 Å². The highest BCUT2D eigenvalue weighted by molar-refractivity contribution is 6.05. The topological polar surface area (TPSA) is 82.9 Å². The molecule has 3 aromatic rings. The minimum absolute atomic E-state index is 0.179. The number of hydrogen-bond acceptors (Lipinski definition) is 6. The molecule has 8 nitrogen and oxygen atoms in total. The lowest BCUT2D eigenvalue weighted by molar-refractivity contribution is 0.0715. The van der Waals surface area contributed by atoms with Crippen molar-refractivity contribution in [2.75, 3.05) is 38.2 Å². The predicted molar refractivity (Wildman–Crippen MR) is 137 cm³/mol. The van der Waals surface area contributed by atoms with Gasteiger partial charge in [0.15, 0.2) is 0 Å². The van der Waals surface area contributed by atoms with E-state index >= 15 is 0 Å². The van der Waals surface area contributed by atoms with Crippen molar-refractivity contribution in [1.29, 1.82) is 0 Å². The molecule has 1 aromatic heterocycles. The molecule has 2 aromatic carbocycles. The number of fused-ring (bicyclic) bond motifs is 1. The molecule has 2 N–H and O–H groups in total. The maximum Gasteiger partial charge on any atom is 0.255 e. The van der Waals surface area contributed by atoms with Crippen LogP contribution in [0.15, 0.2) is 42.7 Å². The second-order valence-corrected chi connectivity index (χ2v) is 9.73. The largest absolute Gasteiger partial charge is 0.495 e. The first-order valence-electron chi connectivity index (χ1n) is 12.6. The molecule has 0 bridgehead atoms. The first-order valence-corrected chi connectivity index (χ1v) is 12.6. The van der Waals surface area contributed by atoms with Gasteiger partial charge in [-0.2, -0.15) is 5.10 Å². The number of carbonyl (C=O) groups excluding carboxylic acids is 1. The summed E-state index contributed by atoms with van der Waals surface area (Å²) in [6, 6.07) is 9.91. The summed E-state index contributed by atoms with van der Waals surface area (Å²) in [7, 11) is 3.56. The van der Waals surface area contributed by atoms with Gasteiger partial charge in [0.2, 0.25) is 0 Å². The zero-order valence-corrected chi connectivity index (χ0v) is 20.6. The van der Waals surface area contributed by atoms with Crippen LogP contribution in [-0.4, -0.2) is 71.1 Å². The monoisotopic (exact) mass is 477 g/mol. The van der Waals surface area contributed by atoms with Gasteiger partial charge in [-0.05, 0) is 29.9 Å². The van der Waals surface area contributed by atoms with Crippen molar-refractivity contribution in [3.63, 3.8) is 0 Å². The van der Waals surface area contributed by atoms with E-state index in [2.05, 4.69) is 32.5 Å². The Morgan fingerprint density at radius 2 is 1.89 bits per heavy atom. The first kappa shape index (κ1) is 23.6. The number of carbonyl (C=O) groups is 1. The lowest BCUT2D eigenvalue weighted by Gasteiger charge is -2.35. The fourth-order valence-electron chi connectivity index (χ4n) is 5.45. The molecule has 0 spiro atoms. The zero-order chi connectivity index (χ0) is 24.4. The minimum Gasteiger partial charge on any atom is -0.495 e. The van der Waals surface area contributed by atoms with Crippen molar-refractivity contribution in [2.45, 2.75) is 44.4 Å². The fourth-order valence-corrected chi connectivity index (χ4v) is 5.45. The van der Waals surface area contributed by atoms with Crippen LogP contribution in [0.4, 0.5) is 5.69 Å². The first-order chi connectivity index (χ1) is 17.0. The summed E-state index contributed by atoms with van der Waals surface area (Å²) in [5.41, 5.74) is 2.81. The Morgan fingerprint density at radius 3 is 2.57 bits per heavy atom. The van der Waals surface area contributed by atoms with Crippen LogP contribution in [0.2, 0.25) is 0 Å². The third-order valence-corrected chi connectivity index (χ3v) is 7.40. The fraction of sp³-hybridized carbons (Fsp3) is 0.481. The lowest BCUT2D eigenvalue weighted by Crippen LogP contribution is -2.46. The molecule has 8 heteroatoms. The Kier molecular flexibility index (Phi) is 6.92. The number of benzene rings is 2. The number of hydrogen-bond donors (Lipinski definition) is 2. The molecule has 1 amide bonds. The Balaban J connectivity index is 1.38. The van der Waals surface area contributed by atoms with Crippen LogP contribution >= 0.6 is 0 Å². The average Bonchev–Trinajstić information content (AvgIpc) is 3.32. The number of aliphatic hydroxyl groups excluding tert-OH is 1. The van der Waals surface area contributed by atoms with Crippen molar-refractivity contribution < 1.29 is 14.6 Å². The third kappa shape index (κ3) is 4.99. The number of aromatic nitrogens is 2. The maximum atomic E-state index is 13.4. The summed E-state index contributed by atoms with van der Waals surface area (Å²) < 4.78 is 7.59. The van der Waals surface area contributed by atoms with Gasteiger partial charge in [0.05, 0.1) is 36.7 Å². The molecule has 1 saturated carbocycles. The molecule has 186 valence electrons. The number of amides is 1. The summed E-state index contributed by atoms with van der Waals surface area (Å²) in [5, 5.41) is 19.8. The molecule has 1 aliphatic heterocycles. The van der Waals surface area contributed by atoms with Gasteiger partial charge in [-0.3, -0.25) is 14.4 Å². The Labute approximate surface area is 206 Å². The molecular formula is C27H35N5O3. The number of anilines is 1. The number of ether oxygens (including phenoxy) is 1. The molecule has 0 radical (unpaired) electrons. The molecule has 2 fully saturated rings. The molecule has 2 heterocycles.